The van der Waals surface area contributed by atoms with Crippen LogP contribution in [0.1, 0.15) is 34.7 Å². The first kappa shape index (κ1) is 31.7. The lowest BCUT2D eigenvalue weighted by atomic mass is 9.83. The average Bonchev–Trinajstić information content (AvgIpc) is 3.36. The van der Waals surface area contributed by atoms with Gasteiger partial charge in [0.1, 0.15) is 0 Å². The van der Waals surface area contributed by atoms with Crippen molar-refractivity contribution in [2.45, 2.75) is 23.9 Å². The van der Waals surface area contributed by atoms with E-state index in [9.17, 15) is 23.7 Å². The number of ether oxygens (including phenoxy) is 1. The Balaban J connectivity index is 1.47. The third kappa shape index (κ3) is 5.68. The molecule has 12 heteroatoms. The van der Waals surface area contributed by atoms with Gasteiger partial charge in [0.15, 0.2) is 5.54 Å². The van der Waals surface area contributed by atoms with E-state index in [1.54, 1.807) is 19.1 Å². The highest BCUT2D eigenvalue weighted by atomic mass is 32.2. The van der Waals surface area contributed by atoms with Gasteiger partial charge in [-0.25, -0.2) is 17.7 Å². The molecule has 0 spiro atoms. The normalized spacial score (nSPS) is 18.0. The SMILES string of the molecule is CCOc1ncccc1C1(NCc2ccc(N3CCN(C)CC3)cc2)C(=O)N(S(=O)(=O)c2ccc(C#N)cc2)c2ccc(C#N)cc21. The van der Waals surface area contributed by atoms with Gasteiger partial charge in [-0.1, -0.05) is 12.1 Å². The van der Waals surface area contributed by atoms with Crippen molar-refractivity contribution in [3.63, 3.8) is 0 Å². The third-order valence-corrected chi connectivity index (χ3v) is 10.3. The smallest absolute Gasteiger partial charge is 0.270 e. The molecule has 11 nitrogen and oxygen atoms in total. The first-order chi connectivity index (χ1) is 22.7. The molecule has 0 aliphatic carbocycles. The topological polar surface area (TPSA) is 143 Å². The van der Waals surface area contributed by atoms with Gasteiger partial charge in [-0.2, -0.15) is 10.5 Å². The molecule has 1 unspecified atom stereocenters. The second kappa shape index (κ2) is 12.9. The van der Waals surface area contributed by atoms with Crippen LogP contribution in [-0.4, -0.2) is 64.0 Å². The molecule has 1 aromatic heterocycles. The van der Waals surface area contributed by atoms with Crippen molar-refractivity contribution in [1.29, 1.82) is 10.5 Å². The van der Waals surface area contributed by atoms with Gasteiger partial charge in [0, 0.05) is 55.7 Å². The van der Waals surface area contributed by atoms with Crippen LogP contribution in [-0.2, 0) is 26.9 Å². The monoisotopic (exact) mass is 647 g/mol. The number of benzene rings is 3. The summed E-state index contributed by atoms with van der Waals surface area (Å²) in [5, 5.41) is 22.5. The maximum atomic E-state index is 14.9. The van der Waals surface area contributed by atoms with Crippen LogP contribution in [0.25, 0.3) is 0 Å². The molecule has 2 aliphatic heterocycles. The van der Waals surface area contributed by atoms with Crippen LogP contribution in [0.2, 0.25) is 0 Å². The summed E-state index contributed by atoms with van der Waals surface area (Å²) in [6.45, 7) is 6.03. The maximum Gasteiger partial charge on any atom is 0.270 e. The number of nitriles is 2. The molecule has 2 aliphatic rings. The van der Waals surface area contributed by atoms with Crippen LogP contribution >= 0.6 is 0 Å². The van der Waals surface area contributed by atoms with Crippen molar-refractivity contribution in [3.05, 3.63) is 113 Å². The van der Waals surface area contributed by atoms with Crippen LogP contribution < -0.4 is 19.3 Å². The van der Waals surface area contributed by atoms with E-state index < -0.39 is 21.5 Å². The van der Waals surface area contributed by atoms with Crippen molar-refractivity contribution in [1.82, 2.24) is 15.2 Å². The fourth-order valence-corrected chi connectivity index (χ4v) is 7.55. The zero-order chi connectivity index (χ0) is 33.2. The molecule has 238 valence electrons. The van der Waals surface area contributed by atoms with Gasteiger partial charge in [0.05, 0.1) is 40.5 Å². The summed E-state index contributed by atoms with van der Waals surface area (Å²) in [6, 6.07) is 25.4. The Kier molecular flexibility index (Phi) is 8.67. The van der Waals surface area contributed by atoms with Crippen LogP contribution in [0.5, 0.6) is 5.88 Å². The number of fused-ring (bicyclic) bond motifs is 1. The summed E-state index contributed by atoms with van der Waals surface area (Å²) in [6.07, 6.45) is 1.54. The predicted molar refractivity (Wildman–Crippen MR) is 176 cm³/mol. The number of piperazine rings is 1. The van der Waals surface area contributed by atoms with Gasteiger partial charge < -0.3 is 14.5 Å². The number of nitrogens with one attached hydrogen (secondary N) is 1. The van der Waals surface area contributed by atoms with Crippen LogP contribution in [0.15, 0.2) is 90.0 Å². The molecule has 1 amide bonds. The number of hydrogen-bond acceptors (Lipinski definition) is 10. The third-order valence-electron chi connectivity index (χ3n) is 8.59. The minimum atomic E-state index is -4.47. The highest BCUT2D eigenvalue weighted by Crippen LogP contribution is 2.49. The molecule has 3 aromatic carbocycles. The number of sulfonamides is 1. The number of likely N-dealkylation sites (N-methyl/N-ethyl adjacent to an activating group) is 1. The van der Waals surface area contributed by atoms with Crippen molar-refractivity contribution < 1.29 is 17.9 Å². The molecule has 0 bridgehead atoms. The number of hydrogen-bond donors (Lipinski definition) is 1. The molecular formula is C35H33N7O4S. The largest absolute Gasteiger partial charge is 0.478 e. The van der Waals surface area contributed by atoms with Crippen molar-refractivity contribution in [2.75, 3.05) is 49.0 Å². The summed E-state index contributed by atoms with van der Waals surface area (Å²) in [5.74, 6) is -0.637. The molecule has 0 radical (unpaired) electrons. The number of carbonyl (C=O) groups is 1. The van der Waals surface area contributed by atoms with E-state index in [4.69, 9.17) is 4.74 Å². The Bertz CT molecular complexity index is 2000. The Morgan fingerprint density at radius 3 is 2.26 bits per heavy atom. The Morgan fingerprint density at radius 1 is 0.915 bits per heavy atom. The van der Waals surface area contributed by atoms with Crippen LogP contribution in [0, 0.1) is 22.7 Å². The second-order valence-electron chi connectivity index (χ2n) is 11.4. The standard InChI is InChI=1S/C35H33N7O4S/c1-3-46-33-30(5-4-16-38-33)35(39-24-26-6-11-28(12-7-26)41-19-17-40(2)18-20-41)31-21-27(23-37)10-15-32(31)42(34(35)43)47(44,45)29-13-8-25(22-36)9-14-29/h4-16,21,39H,3,17-20,24H2,1-2H3. The van der Waals surface area contributed by atoms with E-state index >= 15 is 0 Å². The molecule has 6 rings (SSSR count). The zero-order valence-electron chi connectivity index (χ0n) is 26.1. The summed E-state index contributed by atoms with van der Waals surface area (Å²) in [7, 11) is -2.36. The van der Waals surface area contributed by atoms with Crippen molar-refractivity contribution in [2.24, 2.45) is 0 Å². The fourth-order valence-electron chi connectivity index (χ4n) is 6.08. The van der Waals surface area contributed by atoms with Gasteiger partial charge >= 0.3 is 0 Å². The lowest BCUT2D eigenvalue weighted by molar-refractivity contribution is -0.121. The molecule has 1 N–H and O–H groups in total. The minimum Gasteiger partial charge on any atom is -0.478 e. The molecule has 0 saturated carbocycles. The number of anilines is 2. The van der Waals surface area contributed by atoms with E-state index in [-0.39, 0.29) is 46.3 Å². The van der Waals surface area contributed by atoms with Gasteiger partial charge in [-0.3, -0.25) is 10.1 Å². The Morgan fingerprint density at radius 2 is 1.60 bits per heavy atom. The predicted octanol–water partition coefficient (Wildman–Crippen LogP) is 3.74. The Labute approximate surface area is 274 Å². The molecule has 1 atom stereocenters. The summed E-state index contributed by atoms with van der Waals surface area (Å²) < 4.78 is 35.2. The highest BCUT2D eigenvalue weighted by molar-refractivity contribution is 7.93. The number of amides is 1. The molecule has 3 heterocycles. The van der Waals surface area contributed by atoms with E-state index in [0.717, 1.165) is 41.7 Å². The number of nitrogens with zero attached hydrogens (tertiary/aromatic N) is 6. The van der Waals surface area contributed by atoms with Gasteiger partial charge in [0.2, 0.25) is 5.88 Å². The summed E-state index contributed by atoms with van der Waals surface area (Å²) in [4.78, 5) is 23.8. The summed E-state index contributed by atoms with van der Waals surface area (Å²) >= 11 is 0. The quantitative estimate of drug-likeness (QED) is 0.285. The number of carbonyl (C=O) groups excluding carboxylic acids is 1. The lowest BCUT2D eigenvalue weighted by Crippen LogP contribution is -2.52. The molecular weight excluding hydrogens is 614 g/mol. The number of rotatable bonds is 9. The van der Waals surface area contributed by atoms with Gasteiger partial charge in [-0.05, 0) is 86.3 Å². The summed E-state index contributed by atoms with van der Waals surface area (Å²) in [5.41, 5.74) is 1.39. The fraction of sp³-hybridized carbons (Fsp3) is 0.257. The number of pyridine rings is 1. The van der Waals surface area contributed by atoms with E-state index in [1.807, 2.05) is 30.3 Å². The van der Waals surface area contributed by atoms with E-state index in [1.165, 1.54) is 48.7 Å². The van der Waals surface area contributed by atoms with Crippen molar-refractivity contribution in [3.8, 4) is 18.0 Å². The molecule has 47 heavy (non-hydrogen) atoms. The molecule has 4 aromatic rings. The lowest BCUT2D eigenvalue weighted by Gasteiger charge is -2.34. The van der Waals surface area contributed by atoms with Gasteiger partial charge in [-0.15, -0.1) is 0 Å². The number of aromatic nitrogens is 1. The second-order valence-corrected chi connectivity index (χ2v) is 13.2. The minimum absolute atomic E-state index is 0.0996. The zero-order valence-corrected chi connectivity index (χ0v) is 26.9. The first-order valence-corrected chi connectivity index (χ1v) is 16.7. The van der Waals surface area contributed by atoms with E-state index in [2.05, 4.69) is 33.2 Å². The van der Waals surface area contributed by atoms with Gasteiger partial charge in [0.25, 0.3) is 15.9 Å². The average molecular weight is 648 g/mol. The first-order valence-electron chi connectivity index (χ1n) is 15.2. The highest BCUT2D eigenvalue weighted by Gasteiger charge is 2.57. The molecule has 1 saturated heterocycles. The van der Waals surface area contributed by atoms with Crippen LogP contribution in [0.3, 0.4) is 0 Å². The molecule has 1 fully saturated rings. The van der Waals surface area contributed by atoms with Crippen molar-refractivity contribution >= 4 is 27.3 Å². The van der Waals surface area contributed by atoms with E-state index in [0.29, 0.717) is 5.56 Å². The maximum absolute atomic E-state index is 14.9. The Hall–Kier alpha value is -5.27. The van der Waals surface area contributed by atoms with Crippen LogP contribution in [0.4, 0.5) is 11.4 Å².